The molecule has 0 fully saturated rings. The van der Waals surface area contributed by atoms with Gasteiger partial charge < -0.3 is 0 Å². The average molecular weight is 407 g/mol. The molecule has 0 aliphatic carbocycles. The summed E-state index contributed by atoms with van der Waals surface area (Å²) in [6, 6.07) is 3.11. The molecular formula is C11H13F3INO2S. The van der Waals surface area contributed by atoms with Gasteiger partial charge in [-0.2, -0.15) is 13.2 Å². The maximum absolute atomic E-state index is 12.9. The van der Waals surface area contributed by atoms with Gasteiger partial charge in [-0.05, 0) is 61.6 Å². The molecule has 0 amide bonds. The molecule has 0 radical (unpaired) electrons. The number of halogens is 4. The van der Waals surface area contributed by atoms with Crippen LogP contribution in [0.25, 0.3) is 0 Å². The van der Waals surface area contributed by atoms with Gasteiger partial charge in [0.1, 0.15) is 0 Å². The summed E-state index contributed by atoms with van der Waals surface area (Å²) in [5, 5.41) is 0. The van der Waals surface area contributed by atoms with Gasteiger partial charge in [-0.1, -0.05) is 0 Å². The zero-order valence-electron chi connectivity index (χ0n) is 10.5. The molecule has 1 aromatic rings. The number of sulfonamides is 1. The summed E-state index contributed by atoms with van der Waals surface area (Å²) in [5.74, 6) is 0. The van der Waals surface area contributed by atoms with Crippen molar-refractivity contribution in [2.45, 2.75) is 37.4 Å². The third-order valence-corrected chi connectivity index (χ3v) is 4.46. The molecule has 0 spiro atoms. The van der Waals surface area contributed by atoms with E-state index in [-0.39, 0.29) is 0 Å². The molecule has 0 saturated heterocycles. The second-order valence-electron chi connectivity index (χ2n) is 4.99. The molecule has 0 aliphatic heterocycles. The molecule has 3 nitrogen and oxygen atoms in total. The highest BCUT2D eigenvalue weighted by Gasteiger charge is 2.38. The van der Waals surface area contributed by atoms with E-state index >= 15 is 0 Å². The molecule has 0 aliphatic rings. The summed E-state index contributed by atoms with van der Waals surface area (Å²) in [6.07, 6.45) is -4.72. The van der Waals surface area contributed by atoms with Crippen LogP contribution in [0.5, 0.6) is 0 Å². The lowest BCUT2D eigenvalue weighted by Gasteiger charge is -2.22. The van der Waals surface area contributed by atoms with Crippen molar-refractivity contribution >= 4 is 32.6 Å². The molecular weight excluding hydrogens is 394 g/mol. The van der Waals surface area contributed by atoms with Crippen LogP contribution in [-0.2, 0) is 16.2 Å². The minimum absolute atomic E-state index is 0.319. The van der Waals surface area contributed by atoms with Crippen LogP contribution in [0.3, 0.4) is 0 Å². The topological polar surface area (TPSA) is 46.2 Å². The number of hydrogen-bond acceptors (Lipinski definition) is 2. The Labute approximate surface area is 123 Å². The van der Waals surface area contributed by atoms with E-state index in [0.29, 0.717) is 3.57 Å². The van der Waals surface area contributed by atoms with Crippen LogP contribution >= 0.6 is 22.6 Å². The standard InChI is InChI=1S/C11H13F3INO2S/c1-10(2,3)16-19(17,18)9-5-4-7(15)6-8(9)11(12,13)14/h4-6,16H,1-3H3. The molecule has 108 valence electrons. The molecule has 1 aromatic carbocycles. The zero-order chi connectivity index (χ0) is 15.1. The van der Waals surface area contributed by atoms with E-state index in [9.17, 15) is 21.6 Å². The highest BCUT2D eigenvalue weighted by atomic mass is 127. The second kappa shape index (κ2) is 5.21. The molecule has 19 heavy (non-hydrogen) atoms. The predicted octanol–water partition coefficient (Wildman–Crippen LogP) is 3.39. The lowest BCUT2D eigenvalue weighted by molar-refractivity contribution is -0.139. The van der Waals surface area contributed by atoms with E-state index < -0.39 is 32.2 Å². The highest BCUT2D eigenvalue weighted by molar-refractivity contribution is 14.1. The summed E-state index contributed by atoms with van der Waals surface area (Å²) in [5.41, 5.74) is -2.01. The minimum Gasteiger partial charge on any atom is -0.207 e. The van der Waals surface area contributed by atoms with E-state index in [1.54, 1.807) is 43.4 Å². The average Bonchev–Trinajstić information content (AvgIpc) is 2.11. The number of benzene rings is 1. The number of hydrogen-bond donors (Lipinski definition) is 1. The fourth-order valence-electron chi connectivity index (χ4n) is 1.42. The quantitative estimate of drug-likeness (QED) is 0.765. The lowest BCUT2D eigenvalue weighted by Crippen LogP contribution is -2.41. The number of nitrogens with one attached hydrogen (secondary N) is 1. The Balaban J connectivity index is 3.44. The first kappa shape index (κ1) is 16.7. The normalized spacial score (nSPS) is 13.6. The van der Waals surface area contributed by atoms with Crippen LogP contribution in [0.4, 0.5) is 13.2 Å². The summed E-state index contributed by atoms with van der Waals surface area (Å²) in [4.78, 5) is -0.754. The van der Waals surface area contributed by atoms with Crippen molar-refractivity contribution in [3.63, 3.8) is 0 Å². The van der Waals surface area contributed by atoms with Crippen molar-refractivity contribution in [3.05, 3.63) is 27.3 Å². The largest absolute Gasteiger partial charge is 0.417 e. The summed E-state index contributed by atoms with van der Waals surface area (Å²) in [6.45, 7) is 4.68. The van der Waals surface area contributed by atoms with Crippen molar-refractivity contribution in [1.29, 1.82) is 0 Å². The molecule has 0 aromatic heterocycles. The lowest BCUT2D eigenvalue weighted by atomic mass is 10.1. The van der Waals surface area contributed by atoms with Crippen LogP contribution in [0.15, 0.2) is 23.1 Å². The van der Waals surface area contributed by atoms with Gasteiger partial charge >= 0.3 is 6.18 Å². The number of rotatable bonds is 2. The first-order valence-electron chi connectivity index (χ1n) is 5.24. The fraction of sp³-hybridized carbons (Fsp3) is 0.455. The van der Waals surface area contributed by atoms with Crippen LogP contribution in [0.1, 0.15) is 26.3 Å². The first-order chi connectivity index (χ1) is 8.33. The Hall–Kier alpha value is -0.350. The van der Waals surface area contributed by atoms with Gasteiger partial charge in [-0.15, -0.1) is 0 Å². The summed E-state index contributed by atoms with van der Waals surface area (Å²) < 4.78 is 65.2. The van der Waals surface area contributed by atoms with Gasteiger partial charge in [0.25, 0.3) is 0 Å². The Kier molecular flexibility index (Phi) is 4.58. The number of alkyl halides is 3. The van der Waals surface area contributed by atoms with Crippen molar-refractivity contribution in [2.24, 2.45) is 0 Å². The minimum atomic E-state index is -4.72. The van der Waals surface area contributed by atoms with Gasteiger partial charge in [0.15, 0.2) is 0 Å². The molecule has 0 atom stereocenters. The van der Waals surface area contributed by atoms with Gasteiger partial charge in [-0.25, -0.2) is 13.1 Å². The van der Waals surface area contributed by atoms with Crippen molar-refractivity contribution in [2.75, 3.05) is 0 Å². The van der Waals surface area contributed by atoms with E-state index in [1.807, 2.05) is 0 Å². The third kappa shape index (κ3) is 4.60. The maximum atomic E-state index is 12.9. The Morgan fingerprint density at radius 3 is 2.11 bits per heavy atom. The van der Waals surface area contributed by atoms with Gasteiger partial charge in [0.2, 0.25) is 10.0 Å². The monoisotopic (exact) mass is 407 g/mol. The molecule has 1 N–H and O–H groups in total. The van der Waals surface area contributed by atoms with Crippen LogP contribution in [-0.4, -0.2) is 14.0 Å². The Morgan fingerprint density at radius 1 is 1.16 bits per heavy atom. The van der Waals surface area contributed by atoms with Gasteiger partial charge in [-0.3, -0.25) is 0 Å². The van der Waals surface area contributed by atoms with Crippen molar-refractivity contribution in [3.8, 4) is 0 Å². The van der Waals surface area contributed by atoms with Gasteiger partial charge in [0.05, 0.1) is 10.5 Å². The van der Waals surface area contributed by atoms with E-state index in [2.05, 4.69) is 4.72 Å². The molecule has 0 heterocycles. The van der Waals surface area contributed by atoms with E-state index in [1.165, 1.54) is 6.07 Å². The van der Waals surface area contributed by atoms with Crippen molar-refractivity contribution < 1.29 is 21.6 Å². The van der Waals surface area contributed by atoms with Crippen molar-refractivity contribution in [1.82, 2.24) is 4.72 Å². The third-order valence-electron chi connectivity index (χ3n) is 1.98. The fourth-order valence-corrected chi connectivity index (χ4v) is 3.53. The maximum Gasteiger partial charge on any atom is 0.417 e. The van der Waals surface area contributed by atoms with Crippen LogP contribution < -0.4 is 4.72 Å². The zero-order valence-corrected chi connectivity index (χ0v) is 13.4. The molecule has 8 heteroatoms. The predicted molar refractivity (Wildman–Crippen MR) is 74.2 cm³/mol. The summed E-state index contributed by atoms with van der Waals surface area (Å²) >= 11 is 1.70. The molecule has 0 unspecified atom stereocenters. The second-order valence-corrected chi connectivity index (χ2v) is 7.89. The van der Waals surface area contributed by atoms with E-state index in [4.69, 9.17) is 0 Å². The van der Waals surface area contributed by atoms with Crippen LogP contribution in [0, 0.1) is 3.57 Å². The SMILES string of the molecule is CC(C)(C)NS(=O)(=O)c1ccc(I)cc1C(F)(F)F. The summed E-state index contributed by atoms with van der Waals surface area (Å²) in [7, 11) is -4.22. The Bertz CT molecular complexity index is 577. The first-order valence-corrected chi connectivity index (χ1v) is 7.80. The highest BCUT2D eigenvalue weighted by Crippen LogP contribution is 2.35. The van der Waals surface area contributed by atoms with Gasteiger partial charge in [0, 0.05) is 9.11 Å². The molecule has 0 saturated carbocycles. The molecule has 0 bridgehead atoms. The Morgan fingerprint density at radius 2 is 1.68 bits per heavy atom. The van der Waals surface area contributed by atoms with Crippen LogP contribution in [0.2, 0.25) is 0 Å². The molecule has 1 rings (SSSR count). The van der Waals surface area contributed by atoms with E-state index in [0.717, 1.165) is 12.1 Å². The smallest absolute Gasteiger partial charge is 0.207 e.